The lowest BCUT2D eigenvalue weighted by Crippen LogP contribution is -2.01. The van der Waals surface area contributed by atoms with Crippen molar-refractivity contribution in [3.05, 3.63) is 29.8 Å². The molecule has 0 aliphatic carbocycles. The molecule has 0 amide bonds. The average molecular weight is 224 g/mol. The van der Waals surface area contributed by atoms with E-state index in [0.29, 0.717) is 5.92 Å². The van der Waals surface area contributed by atoms with Gasteiger partial charge in [0.05, 0.1) is 6.61 Å². The summed E-state index contributed by atoms with van der Waals surface area (Å²) in [5.74, 6) is 0.638. The normalized spacial score (nSPS) is 14.9. The van der Waals surface area contributed by atoms with Crippen LogP contribution in [0.25, 0.3) is 0 Å². The maximum atomic E-state index is 8.96. The fourth-order valence-electron chi connectivity index (χ4n) is 1.38. The summed E-state index contributed by atoms with van der Waals surface area (Å²) in [5, 5.41) is 9.23. The fraction of sp³-hybridized carbons (Fsp3) is 0.538. The third-order valence-corrected chi connectivity index (χ3v) is 3.75. The molecule has 0 radical (unpaired) electrons. The van der Waals surface area contributed by atoms with Gasteiger partial charge in [-0.15, -0.1) is 11.8 Å². The van der Waals surface area contributed by atoms with E-state index in [4.69, 9.17) is 5.11 Å². The first-order valence-electron chi connectivity index (χ1n) is 5.54. The van der Waals surface area contributed by atoms with Gasteiger partial charge in [0.15, 0.2) is 0 Å². The van der Waals surface area contributed by atoms with E-state index >= 15 is 0 Å². The quantitative estimate of drug-likeness (QED) is 0.770. The third kappa shape index (κ3) is 3.88. The van der Waals surface area contributed by atoms with E-state index in [2.05, 4.69) is 38.1 Å². The molecule has 0 heterocycles. The Hall–Kier alpha value is -0.470. The Labute approximate surface area is 96.9 Å². The Morgan fingerprint density at radius 2 is 1.80 bits per heavy atom. The van der Waals surface area contributed by atoms with Gasteiger partial charge in [-0.05, 0) is 30.0 Å². The number of rotatable bonds is 5. The molecular weight excluding hydrogens is 204 g/mol. The highest BCUT2D eigenvalue weighted by atomic mass is 32.2. The molecule has 1 nitrogen and oxygen atoms in total. The molecule has 0 aliphatic rings. The predicted octanol–water partition coefficient (Wildman–Crippen LogP) is 3.67. The summed E-state index contributed by atoms with van der Waals surface area (Å²) in [5.41, 5.74) is 1.40. The van der Waals surface area contributed by atoms with Crippen molar-refractivity contribution in [2.24, 2.45) is 0 Å². The van der Waals surface area contributed by atoms with Crippen LogP contribution in [0, 0.1) is 0 Å². The molecule has 0 fully saturated rings. The molecule has 2 unspecified atom stereocenters. The van der Waals surface area contributed by atoms with Crippen molar-refractivity contribution >= 4 is 11.8 Å². The fourth-order valence-corrected chi connectivity index (χ4v) is 2.21. The van der Waals surface area contributed by atoms with Crippen molar-refractivity contribution in [3.8, 4) is 0 Å². The van der Waals surface area contributed by atoms with Crippen LogP contribution in [-0.2, 0) is 0 Å². The first-order valence-corrected chi connectivity index (χ1v) is 6.42. The van der Waals surface area contributed by atoms with Crippen LogP contribution in [0.5, 0.6) is 0 Å². The molecule has 84 valence electrons. The SMILES string of the molecule is CCC(C)c1ccc(SC(C)CO)cc1. The van der Waals surface area contributed by atoms with Crippen LogP contribution in [0.1, 0.15) is 38.7 Å². The zero-order valence-electron chi connectivity index (χ0n) is 9.73. The second-order valence-corrected chi connectivity index (χ2v) is 5.50. The molecule has 2 atom stereocenters. The lowest BCUT2D eigenvalue weighted by molar-refractivity contribution is 0.300. The van der Waals surface area contributed by atoms with Gasteiger partial charge in [0.25, 0.3) is 0 Å². The molecule has 1 N–H and O–H groups in total. The second-order valence-electron chi connectivity index (χ2n) is 3.99. The molecule has 1 aromatic carbocycles. The van der Waals surface area contributed by atoms with Gasteiger partial charge in [-0.1, -0.05) is 32.9 Å². The number of aliphatic hydroxyl groups is 1. The largest absolute Gasteiger partial charge is 0.395 e. The zero-order valence-corrected chi connectivity index (χ0v) is 10.6. The van der Waals surface area contributed by atoms with Crippen LogP contribution in [-0.4, -0.2) is 17.0 Å². The van der Waals surface area contributed by atoms with E-state index in [1.165, 1.54) is 16.9 Å². The van der Waals surface area contributed by atoms with E-state index in [1.54, 1.807) is 11.8 Å². The predicted molar refractivity (Wildman–Crippen MR) is 67.6 cm³/mol. The van der Waals surface area contributed by atoms with E-state index in [9.17, 15) is 0 Å². The number of thioether (sulfide) groups is 1. The maximum absolute atomic E-state index is 8.96. The molecule has 0 bridgehead atoms. The molecule has 1 aromatic rings. The van der Waals surface area contributed by atoms with Gasteiger partial charge in [0.2, 0.25) is 0 Å². The van der Waals surface area contributed by atoms with Crippen molar-refractivity contribution < 1.29 is 5.11 Å². The number of hydrogen-bond acceptors (Lipinski definition) is 2. The molecule has 0 spiro atoms. The van der Waals surface area contributed by atoms with Gasteiger partial charge in [-0.2, -0.15) is 0 Å². The van der Waals surface area contributed by atoms with Gasteiger partial charge in [0.1, 0.15) is 0 Å². The van der Waals surface area contributed by atoms with Crippen molar-refractivity contribution in [1.29, 1.82) is 0 Å². The summed E-state index contributed by atoms with van der Waals surface area (Å²) >= 11 is 1.72. The topological polar surface area (TPSA) is 20.2 Å². The molecule has 0 aromatic heterocycles. The molecular formula is C13H20OS. The lowest BCUT2D eigenvalue weighted by atomic mass is 9.99. The number of aliphatic hydroxyl groups excluding tert-OH is 1. The van der Waals surface area contributed by atoms with E-state index in [0.717, 1.165) is 0 Å². The molecule has 2 heteroatoms. The lowest BCUT2D eigenvalue weighted by Gasteiger charge is -2.11. The Kier molecular flexibility index (Phi) is 5.20. The summed E-state index contributed by atoms with van der Waals surface area (Å²) in [7, 11) is 0. The van der Waals surface area contributed by atoms with Gasteiger partial charge >= 0.3 is 0 Å². The van der Waals surface area contributed by atoms with Crippen molar-refractivity contribution in [2.45, 2.75) is 43.3 Å². The number of hydrogen-bond donors (Lipinski definition) is 1. The molecule has 0 saturated heterocycles. The molecule has 0 aliphatic heterocycles. The third-order valence-electron chi connectivity index (χ3n) is 2.66. The molecule has 15 heavy (non-hydrogen) atoms. The van der Waals surface area contributed by atoms with Crippen LogP contribution in [0.2, 0.25) is 0 Å². The zero-order chi connectivity index (χ0) is 11.3. The van der Waals surface area contributed by atoms with Crippen LogP contribution in [0.3, 0.4) is 0 Å². The minimum Gasteiger partial charge on any atom is -0.395 e. The first-order chi connectivity index (χ1) is 7.17. The second kappa shape index (κ2) is 6.19. The Morgan fingerprint density at radius 3 is 2.27 bits per heavy atom. The van der Waals surface area contributed by atoms with Gasteiger partial charge in [0, 0.05) is 10.1 Å². The van der Waals surface area contributed by atoms with Crippen molar-refractivity contribution in [2.75, 3.05) is 6.61 Å². The highest BCUT2D eigenvalue weighted by Crippen LogP contribution is 2.26. The highest BCUT2D eigenvalue weighted by Gasteiger charge is 2.05. The summed E-state index contributed by atoms with van der Waals surface area (Å²) in [6, 6.07) is 8.69. The summed E-state index contributed by atoms with van der Waals surface area (Å²) < 4.78 is 0. The smallest absolute Gasteiger partial charge is 0.0550 e. The summed E-state index contributed by atoms with van der Waals surface area (Å²) in [6.07, 6.45) is 1.18. The monoisotopic (exact) mass is 224 g/mol. The minimum absolute atomic E-state index is 0.234. The van der Waals surface area contributed by atoms with Crippen molar-refractivity contribution in [1.82, 2.24) is 0 Å². The van der Waals surface area contributed by atoms with Crippen molar-refractivity contribution in [3.63, 3.8) is 0 Å². The first kappa shape index (κ1) is 12.6. The molecule has 1 rings (SSSR count). The van der Waals surface area contributed by atoms with E-state index in [1.807, 2.05) is 6.92 Å². The summed E-state index contributed by atoms with van der Waals surface area (Å²) in [6.45, 7) is 6.73. The minimum atomic E-state index is 0.234. The maximum Gasteiger partial charge on any atom is 0.0550 e. The van der Waals surface area contributed by atoms with Gasteiger partial charge in [-0.3, -0.25) is 0 Å². The molecule has 0 saturated carbocycles. The van der Waals surface area contributed by atoms with Gasteiger partial charge in [-0.25, -0.2) is 0 Å². The van der Waals surface area contributed by atoms with Crippen LogP contribution < -0.4 is 0 Å². The average Bonchev–Trinajstić information content (AvgIpc) is 2.29. The van der Waals surface area contributed by atoms with E-state index in [-0.39, 0.29) is 11.9 Å². The van der Waals surface area contributed by atoms with Crippen LogP contribution >= 0.6 is 11.8 Å². The van der Waals surface area contributed by atoms with Crippen LogP contribution in [0.15, 0.2) is 29.2 Å². The van der Waals surface area contributed by atoms with Gasteiger partial charge < -0.3 is 5.11 Å². The Balaban J connectivity index is 2.64. The standard InChI is InChI=1S/C13H20OS/c1-4-10(2)12-5-7-13(8-6-12)15-11(3)9-14/h5-8,10-11,14H,4,9H2,1-3H3. The number of benzene rings is 1. The van der Waals surface area contributed by atoms with E-state index < -0.39 is 0 Å². The van der Waals surface area contributed by atoms with Crippen LogP contribution in [0.4, 0.5) is 0 Å². The Morgan fingerprint density at radius 1 is 1.20 bits per heavy atom. The summed E-state index contributed by atoms with van der Waals surface area (Å²) in [4.78, 5) is 1.24. The highest BCUT2D eigenvalue weighted by molar-refractivity contribution is 8.00. The Bertz CT molecular complexity index is 281.